The largest absolute Gasteiger partial charge is 0.453 e. The Labute approximate surface area is 365 Å². The molecule has 0 bridgehead atoms. The number of nitrogens with zero attached hydrogens (tertiary/aromatic N) is 3. The predicted molar refractivity (Wildman–Crippen MR) is 240 cm³/mol. The Balaban J connectivity index is 0.00000253. The Hall–Kier alpha value is -5.03. The summed E-state index contributed by atoms with van der Waals surface area (Å²) in [4.78, 5) is 41.6. The van der Waals surface area contributed by atoms with Gasteiger partial charge in [0.05, 0.1) is 34.4 Å². The van der Waals surface area contributed by atoms with Crippen molar-refractivity contribution in [2.45, 2.75) is 36.7 Å². The van der Waals surface area contributed by atoms with Crippen LogP contribution in [0.15, 0.2) is 84.0 Å². The van der Waals surface area contributed by atoms with Crippen molar-refractivity contribution in [3.63, 3.8) is 0 Å². The lowest BCUT2D eigenvalue weighted by atomic mass is 9.91. The number of fused-ring (bicyclic) bond motifs is 2. The lowest BCUT2D eigenvalue weighted by Gasteiger charge is -2.44. The fourth-order valence-electron chi connectivity index (χ4n) is 8.48. The molecule has 4 aliphatic heterocycles. The number of hydrogen-bond donors (Lipinski definition) is 6. The number of carbonyl (C=O) groups is 2. The SMILES string of the molecule is CO.Nc1cc(SNC(=O)c2ccc(N3CCN(CC4Cc5ccc(Cl)cc5CN4C(=O)C4CNC4)CC3)cc2Oc2c[nH+]c3[nH]ccc3c2)ccc1NCC1CCOCC1. The van der Waals surface area contributed by atoms with E-state index in [4.69, 9.17) is 31.9 Å². The van der Waals surface area contributed by atoms with Crippen LogP contribution in [0.5, 0.6) is 11.5 Å². The number of aliphatic hydroxyl groups excluding tert-OH is 1. The molecule has 322 valence electrons. The van der Waals surface area contributed by atoms with Crippen molar-refractivity contribution in [2.75, 3.05) is 88.6 Å². The number of halogens is 1. The fraction of sp³-hybridized carbons (Fsp3) is 0.400. The average molecular weight is 870 g/mol. The van der Waals surface area contributed by atoms with E-state index in [0.29, 0.717) is 40.2 Å². The van der Waals surface area contributed by atoms with Gasteiger partial charge in [0.25, 0.3) is 11.6 Å². The number of piperazine rings is 1. The molecule has 14 nitrogen and oxygen atoms in total. The van der Waals surface area contributed by atoms with Gasteiger partial charge in [0.15, 0.2) is 5.75 Å². The van der Waals surface area contributed by atoms with Gasteiger partial charge >= 0.3 is 0 Å². The molecule has 4 aliphatic rings. The molecule has 2 amide bonds. The first-order valence-corrected chi connectivity index (χ1v) is 22.2. The highest BCUT2D eigenvalue weighted by atomic mass is 35.5. The van der Waals surface area contributed by atoms with Crippen LogP contribution in [0.4, 0.5) is 17.1 Å². The molecule has 3 fully saturated rings. The van der Waals surface area contributed by atoms with Crippen LogP contribution in [0.25, 0.3) is 11.0 Å². The highest BCUT2D eigenvalue weighted by Crippen LogP contribution is 2.34. The summed E-state index contributed by atoms with van der Waals surface area (Å²) in [6, 6.07) is 21.7. The number of benzene rings is 3. The van der Waals surface area contributed by atoms with Gasteiger partial charge in [0.2, 0.25) is 5.91 Å². The van der Waals surface area contributed by atoms with Crippen molar-refractivity contribution in [3.8, 4) is 11.5 Å². The number of rotatable bonds is 12. The second-order valence-electron chi connectivity index (χ2n) is 16.0. The van der Waals surface area contributed by atoms with Crippen molar-refractivity contribution < 1.29 is 29.2 Å². The van der Waals surface area contributed by atoms with Gasteiger partial charge in [-0.2, -0.15) is 0 Å². The monoisotopic (exact) mass is 868 g/mol. The maximum atomic E-state index is 13.8. The van der Waals surface area contributed by atoms with E-state index in [2.05, 4.69) is 46.1 Å². The first-order valence-electron chi connectivity index (χ1n) is 21.0. The van der Waals surface area contributed by atoms with Crippen molar-refractivity contribution in [3.05, 3.63) is 101 Å². The number of ether oxygens (including phenoxy) is 2. The van der Waals surface area contributed by atoms with E-state index in [9.17, 15) is 9.59 Å². The van der Waals surface area contributed by atoms with Gasteiger partial charge in [-0.1, -0.05) is 17.7 Å². The molecule has 16 heteroatoms. The van der Waals surface area contributed by atoms with Crippen molar-refractivity contribution >= 4 is 63.5 Å². The number of aromatic nitrogens is 2. The zero-order valence-corrected chi connectivity index (χ0v) is 36.0. The number of H-pyrrole nitrogens is 2. The van der Waals surface area contributed by atoms with E-state index in [1.165, 1.54) is 17.5 Å². The van der Waals surface area contributed by atoms with Crippen LogP contribution >= 0.6 is 23.5 Å². The summed E-state index contributed by atoms with van der Waals surface area (Å²) in [6.45, 7) is 8.64. The highest BCUT2D eigenvalue weighted by Gasteiger charge is 2.37. The molecule has 5 aromatic rings. The molecule has 3 aromatic carbocycles. The predicted octanol–water partition coefficient (Wildman–Crippen LogP) is 5.19. The van der Waals surface area contributed by atoms with Gasteiger partial charge in [0, 0.05) is 113 Å². The first-order chi connectivity index (χ1) is 29.8. The zero-order valence-electron chi connectivity index (χ0n) is 34.4. The number of amides is 2. The number of pyridine rings is 1. The van der Waals surface area contributed by atoms with Gasteiger partial charge < -0.3 is 40.7 Å². The second-order valence-corrected chi connectivity index (χ2v) is 17.3. The molecule has 9 rings (SSSR count). The number of hydrogen-bond acceptors (Lipinski definition) is 11. The average Bonchev–Trinajstić information content (AvgIpc) is 3.74. The Bertz CT molecular complexity index is 2310. The third kappa shape index (κ3) is 10.2. The van der Waals surface area contributed by atoms with Crippen molar-refractivity contribution in [2.24, 2.45) is 11.8 Å². The zero-order chi connectivity index (χ0) is 42.3. The quantitative estimate of drug-likeness (QED) is 0.0720. The molecule has 1 atom stereocenters. The molecule has 8 N–H and O–H groups in total. The van der Waals surface area contributed by atoms with Crippen LogP contribution in [0.1, 0.15) is 34.3 Å². The molecular formula is C45H55ClN9O5S+. The van der Waals surface area contributed by atoms with Gasteiger partial charge in [-0.05, 0) is 96.8 Å². The number of aliphatic hydroxyl groups is 1. The molecule has 61 heavy (non-hydrogen) atoms. The highest BCUT2D eigenvalue weighted by molar-refractivity contribution is 7.98. The van der Waals surface area contributed by atoms with Crippen LogP contribution in [0.3, 0.4) is 0 Å². The molecule has 0 spiro atoms. The van der Waals surface area contributed by atoms with Crippen LogP contribution < -0.4 is 35.7 Å². The molecule has 0 radical (unpaired) electrons. The van der Waals surface area contributed by atoms with Gasteiger partial charge in [-0.3, -0.25) is 19.2 Å². The number of carbonyl (C=O) groups excluding carboxylic acids is 2. The Morgan fingerprint density at radius 3 is 2.59 bits per heavy atom. The third-order valence-corrected chi connectivity index (χ3v) is 13.1. The molecule has 0 saturated carbocycles. The summed E-state index contributed by atoms with van der Waals surface area (Å²) in [5, 5.41) is 15.4. The molecule has 0 aliphatic carbocycles. The van der Waals surface area contributed by atoms with E-state index < -0.39 is 0 Å². The van der Waals surface area contributed by atoms with Crippen molar-refractivity contribution in [1.82, 2.24) is 24.8 Å². The minimum Gasteiger partial charge on any atom is -0.453 e. The summed E-state index contributed by atoms with van der Waals surface area (Å²) < 4.78 is 15.0. The van der Waals surface area contributed by atoms with Gasteiger partial charge in [-0.25, -0.2) is 9.97 Å². The normalized spacial score (nSPS) is 18.4. The number of nitrogen functional groups attached to an aromatic ring is 1. The Morgan fingerprint density at radius 2 is 1.82 bits per heavy atom. The molecule has 1 unspecified atom stereocenters. The van der Waals surface area contributed by atoms with Crippen LogP contribution in [-0.4, -0.2) is 110 Å². The molecule has 6 heterocycles. The molecule has 2 aromatic heterocycles. The number of aromatic amines is 2. The van der Waals surface area contributed by atoms with E-state index in [1.54, 1.807) is 6.20 Å². The lowest BCUT2D eigenvalue weighted by Crippen LogP contribution is -2.58. The minimum atomic E-state index is -0.276. The smallest absolute Gasteiger partial charge is 0.284 e. The number of anilines is 3. The van der Waals surface area contributed by atoms with Crippen LogP contribution in [-0.2, 0) is 22.5 Å². The molecular weight excluding hydrogens is 814 g/mol. The first kappa shape index (κ1) is 42.7. The van der Waals surface area contributed by atoms with Gasteiger partial charge in [0.1, 0.15) is 11.9 Å². The maximum Gasteiger partial charge on any atom is 0.284 e. The summed E-state index contributed by atoms with van der Waals surface area (Å²) in [7, 11) is 1.00. The van der Waals surface area contributed by atoms with Crippen LogP contribution in [0.2, 0.25) is 5.02 Å². The topological polar surface area (TPSA) is 175 Å². The third-order valence-electron chi connectivity index (χ3n) is 12.1. The Kier molecular flexibility index (Phi) is 13.8. The van der Waals surface area contributed by atoms with E-state index in [-0.39, 0.29) is 23.8 Å². The lowest BCUT2D eigenvalue weighted by molar-refractivity contribution is -0.348. The summed E-state index contributed by atoms with van der Waals surface area (Å²) in [5.74, 6) is 1.61. The minimum absolute atomic E-state index is 0.0399. The summed E-state index contributed by atoms with van der Waals surface area (Å²) >= 11 is 7.58. The molecule has 3 saturated heterocycles. The number of nitrogens with one attached hydrogen (secondary N) is 5. The van der Waals surface area contributed by atoms with E-state index >= 15 is 0 Å². The van der Waals surface area contributed by atoms with E-state index in [1.807, 2.05) is 66.9 Å². The maximum absolute atomic E-state index is 13.8. The van der Waals surface area contributed by atoms with E-state index in [0.717, 1.165) is 125 Å². The van der Waals surface area contributed by atoms with Crippen molar-refractivity contribution in [1.29, 1.82) is 0 Å². The van der Waals surface area contributed by atoms with Crippen LogP contribution in [0, 0.1) is 11.8 Å². The second kappa shape index (κ2) is 19.8. The standard InChI is InChI=1S/C44H50ClN9O4S.CH4O/c45-33-2-1-29-18-35(54(26-31(29)17-33)44(56)32-23-47-24-32)27-52-11-13-53(14-12-52)34-3-5-38(41(20-34)58-36-19-30-7-10-48-42(30)50-25-36)43(55)51-59-37-4-6-40(39(46)21-37)49-22-28-8-15-57-16-9-28;1-2/h1-7,10,17,19-21,25,28,32,35,47,49H,8-9,11-16,18,22-24,26-27,46H2,(H,48,50)(H,51,55);2H,1H3/p+1. The summed E-state index contributed by atoms with van der Waals surface area (Å²) in [6.07, 6.45) is 6.57. The number of nitrogens with two attached hydrogens (primary N) is 1. The fourth-order valence-corrected chi connectivity index (χ4v) is 9.32. The Morgan fingerprint density at radius 1 is 1.00 bits per heavy atom. The summed E-state index contributed by atoms with van der Waals surface area (Å²) in [5.41, 5.74) is 12.6. The van der Waals surface area contributed by atoms with Gasteiger partial charge in [-0.15, -0.1) is 0 Å².